The van der Waals surface area contributed by atoms with Gasteiger partial charge in [0.15, 0.2) is 5.96 Å². The third-order valence-corrected chi connectivity index (χ3v) is 4.89. The zero-order chi connectivity index (χ0) is 21.8. The second kappa shape index (κ2) is 15.1. The Bertz CT molecular complexity index is 680. The molecule has 0 saturated carbocycles. The first kappa shape index (κ1) is 27.3. The first-order chi connectivity index (χ1) is 14.6. The molecule has 1 aliphatic rings. The predicted octanol–water partition coefficient (Wildman–Crippen LogP) is 2.79. The van der Waals surface area contributed by atoms with Crippen molar-refractivity contribution in [1.29, 1.82) is 0 Å². The number of likely N-dealkylation sites (tertiary alicyclic amines) is 1. The lowest BCUT2D eigenvalue weighted by atomic mass is 10.2. The molecule has 0 aromatic heterocycles. The monoisotopic (exact) mass is 548 g/mol. The second-order valence-corrected chi connectivity index (χ2v) is 7.26. The highest BCUT2D eigenvalue weighted by Crippen LogP contribution is 2.24. The van der Waals surface area contributed by atoms with Crippen LogP contribution in [0.4, 0.5) is 0 Å². The lowest BCUT2D eigenvalue weighted by molar-refractivity contribution is -0.143. The minimum absolute atomic E-state index is 0. The van der Waals surface area contributed by atoms with Crippen LogP contribution >= 0.6 is 24.0 Å². The normalized spacial score (nSPS) is 16.4. The maximum absolute atomic E-state index is 11.4. The van der Waals surface area contributed by atoms with Gasteiger partial charge in [0.25, 0.3) is 0 Å². The summed E-state index contributed by atoms with van der Waals surface area (Å²) >= 11 is 0. The number of nitrogens with one attached hydrogen (secondary N) is 2. The van der Waals surface area contributed by atoms with Crippen molar-refractivity contribution in [2.75, 3.05) is 47.0 Å². The molecule has 0 radical (unpaired) electrons. The van der Waals surface area contributed by atoms with Crippen molar-refractivity contribution < 1.29 is 19.0 Å². The lowest BCUT2D eigenvalue weighted by Crippen LogP contribution is -2.44. The topological polar surface area (TPSA) is 84.4 Å². The molecule has 0 bridgehead atoms. The molecule has 2 rings (SSSR count). The fourth-order valence-corrected chi connectivity index (χ4v) is 3.47. The Balaban J connectivity index is 0.00000480. The second-order valence-electron chi connectivity index (χ2n) is 7.26. The van der Waals surface area contributed by atoms with Crippen LogP contribution in [0.15, 0.2) is 23.2 Å². The highest BCUT2D eigenvalue weighted by Gasteiger charge is 2.23. The number of benzene rings is 1. The molecule has 1 heterocycles. The molecular formula is C22H37IN4O4. The minimum atomic E-state index is -0.161. The molecule has 0 aliphatic carbocycles. The number of carbonyl (C=O) groups is 1. The number of hydrogen-bond acceptors (Lipinski definition) is 6. The number of esters is 1. The van der Waals surface area contributed by atoms with E-state index < -0.39 is 0 Å². The van der Waals surface area contributed by atoms with E-state index in [0.717, 1.165) is 50.1 Å². The molecular weight excluding hydrogens is 511 g/mol. The Kier molecular flexibility index (Phi) is 13.3. The highest BCUT2D eigenvalue weighted by atomic mass is 127. The number of aliphatic imine (C=N–C) groups is 1. The fourth-order valence-electron chi connectivity index (χ4n) is 3.47. The zero-order valence-electron chi connectivity index (χ0n) is 19.1. The van der Waals surface area contributed by atoms with Crippen molar-refractivity contribution in [3.8, 4) is 11.5 Å². The summed E-state index contributed by atoms with van der Waals surface area (Å²) in [4.78, 5) is 18.4. The summed E-state index contributed by atoms with van der Waals surface area (Å²) in [7, 11) is 3.34. The van der Waals surface area contributed by atoms with Crippen molar-refractivity contribution in [3.63, 3.8) is 0 Å². The average molecular weight is 548 g/mol. The fraction of sp³-hybridized carbons (Fsp3) is 0.636. The largest absolute Gasteiger partial charge is 0.497 e. The van der Waals surface area contributed by atoms with Crippen molar-refractivity contribution in [2.24, 2.45) is 4.99 Å². The Morgan fingerprint density at radius 2 is 1.90 bits per heavy atom. The highest BCUT2D eigenvalue weighted by molar-refractivity contribution is 14.0. The average Bonchev–Trinajstić information content (AvgIpc) is 3.17. The standard InChI is InChI=1S/C22H36N4O4.HI/c1-5-23-22(24-10-7-8-21(27)30-6-2)25-18-9-11-26(16-18)15-17-12-19(28-3)14-20(13-17)29-4;/h12-14,18H,5-11,15-16H2,1-4H3,(H2,23,24,25);1H. The summed E-state index contributed by atoms with van der Waals surface area (Å²) in [6.07, 6.45) is 2.14. The molecule has 1 unspecified atom stereocenters. The van der Waals surface area contributed by atoms with E-state index in [0.29, 0.717) is 32.0 Å². The van der Waals surface area contributed by atoms with Crippen LogP contribution in [-0.4, -0.2) is 69.9 Å². The van der Waals surface area contributed by atoms with Crippen LogP contribution in [-0.2, 0) is 16.1 Å². The van der Waals surface area contributed by atoms with Gasteiger partial charge in [0, 0.05) is 51.3 Å². The Morgan fingerprint density at radius 3 is 2.52 bits per heavy atom. The van der Waals surface area contributed by atoms with Crippen molar-refractivity contribution in [1.82, 2.24) is 15.5 Å². The van der Waals surface area contributed by atoms with Gasteiger partial charge < -0.3 is 24.8 Å². The smallest absolute Gasteiger partial charge is 0.305 e. The molecule has 176 valence electrons. The molecule has 1 aromatic carbocycles. The molecule has 0 amide bonds. The van der Waals surface area contributed by atoms with E-state index in [4.69, 9.17) is 14.2 Å². The molecule has 1 aromatic rings. The number of rotatable bonds is 11. The van der Waals surface area contributed by atoms with Crippen molar-refractivity contribution in [2.45, 2.75) is 45.7 Å². The first-order valence-corrected chi connectivity index (χ1v) is 10.7. The Hall–Kier alpha value is -1.75. The SMILES string of the molecule is CCNC(=NCCCC(=O)OCC)NC1CCN(Cc2cc(OC)cc(OC)c2)C1.I. The van der Waals surface area contributed by atoms with E-state index in [1.807, 2.05) is 19.9 Å². The molecule has 1 saturated heterocycles. The van der Waals surface area contributed by atoms with E-state index in [1.54, 1.807) is 14.2 Å². The third-order valence-electron chi connectivity index (χ3n) is 4.89. The summed E-state index contributed by atoms with van der Waals surface area (Å²) in [5.41, 5.74) is 1.17. The molecule has 1 aliphatic heterocycles. The third kappa shape index (κ3) is 9.94. The molecule has 1 atom stereocenters. The van der Waals surface area contributed by atoms with E-state index in [1.165, 1.54) is 5.56 Å². The maximum Gasteiger partial charge on any atom is 0.305 e. The zero-order valence-corrected chi connectivity index (χ0v) is 21.4. The van der Waals surface area contributed by atoms with Crippen LogP contribution in [0, 0.1) is 0 Å². The number of nitrogens with zero attached hydrogens (tertiary/aromatic N) is 2. The minimum Gasteiger partial charge on any atom is -0.497 e. The van der Waals surface area contributed by atoms with Crippen LogP contribution < -0.4 is 20.1 Å². The van der Waals surface area contributed by atoms with E-state index >= 15 is 0 Å². The number of halogens is 1. The van der Waals surface area contributed by atoms with E-state index in [2.05, 4.69) is 32.7 Å². The van der Waals surface area contributed by atoms with Crippen molar-refractivity contribution >= 4 is 35.9 Å². The van der Waals surface area contributed by atoms with Gasteiger partial charge in [-0.05, 0) is 44.4 Å². The van der Waals surface area contributed by atoms with Gasteiger partial charge in [-0.25, -0.2) is 0 Å². The van der Waals surface area contributed by atoms with Gasteiger partial charge in [0.1, 0.15) is 11.5 Å². The van der Waals surface area contributed by atoms with Gasteiger partial charge in [-0.15, -0.1) is 24.0 Å². The number of hydrogen-bond donors (Lipinski definition) is 2. The van der Waals surface area contributed by atoms with Gasteiger partial charge in [-0.1, -0.05) is 0 Å². The van der Waals surface area contributed by atoms with Crippen LogP contribution in [0.1, 0.15) is 38.7 Å². The quantitative estimate of drug-likeness (QED) is 0.145. The number of carbonyl (C=O) groups excluding carboxylic acids is 1. The van der Waals surface area contributed by atoms with Gasteiger partial charge in [0.05, 0.1) is 20.8 Å². The van der Waals surface area contributed by atoms with Gasteiger partial charge in [-0.3, -0.25) is 14.7 Å². The molecule has 1 fully saturated rings. The van der Waals surface area contributed by atoms with Crippen LogP contribution in [0.25, 0.3) is 0 Å². The van der Waals surface area contributed by atoms with Gasteiger partial charge in [0.2, 0.25) is 0 Å². The summed E-state index contributed by atoms with van der Waals surface area (Å²) in [6.45, 7) is 8.47. The van der Waals surface area contributed by atoms with Crippen LogP contribution in [0.5, 0.6) is 11.5 Å². The molecule has 9 heteroatoms. The summed E-state index contributed by atoms with van der Waals surface area (Å²) < 4.78 is 15.7. The van der Waals surface area contributed by atoms with Crippen LogP contribution in [0.2, 0.25) is 0 Å². The van der Waals surface area contributed by atoms with E-state index in [9.17, 15) is 4.79 Å². The Morgan fingerprint density at radius 1 is 1.19 bits per heavy atom. The molecule has 8 nitrogen and oxygen atoms in total. The van der Waals surface area contributed by atoms with Crippen molar-refractivity contribution in [3.05, 3.63) is 23.8 Å². The summed E-state index contributed by atoms with van der Waals surface area (Å²) in [6, 6.07) is 6.33. The summed E-state index contributed by atoms with van der Waals surface area (Å²) in [5, 5.41) is 6.81. The number of guanidine groups is 1. The van der Waals surface area contributed by atoms with Crippen LogP contribution in [0.3, 0.4) is 0 Å². The maximum atomic E-state index is 11.4. The van der Waals surface area contributed by atoms with Gasteiger partial charge in [-0.2, -0.15) is 0 Å². The van der Waals surface area contributed by atoms with Gasteiger partial charge >= 0.3 is 5.97 Å². The molecule has 2 N–H and O–H groups in total. The Labute approximate surface area is 203 Å². The molecule has 31 heavy (non-hydrogen) atoms. The summed E-state index contributed by atoms with van der Waals surface area (Å²) in [5.74, 6) is 2.26. The van der Waals surface area contributed by atoms with E-state index in [-0.39, 0.29) is 29.9 Å². The number of ether oxygens (including phenoxy) is 3. The lowest BCUT2D eigenvalue weighted by Gasteiger charge is -2.19. The predicted molar refractivity (Wildman–Crippen MR) is 134 cm³/mol. The first-order valence-electron chi connectivity index (χ1n) is 10.7. The number of methoxy groups -OCH3 is 2. The molecule has 0 spiro atoms.